The molecule has 2 aromatic rings. The van der Waals surface area contributed by atoms with Crippen LogP contribution in [-0.2, 0) is 0 Å². The number of nitrogens with zero attached hydrogens (tertiary/aromatic N) is 1. The molecule has 0 saturated carbocycles. The molecule has 1 aromatic heterocycles. The van der Waals surface area contributed by atoms with E-state index in [2.05, 4.69) is 17.2 Å². The highest BCUT2D eigenvalue weighted by molar-refractivity contribution is 6.04. The van der Waals surface area contributed by atoms with Crippen LogP contribution in [0, 0.1) is 0 Å². The zero-order chi connectivity index (χ0) is 16.5. The summed E-state index contributed by atoms with van der Waals surface area (Å²) < 4.78 is 11.3. The van der Waals surface area contributed by atoms with E-state index in [9.17, 15) is 4.79 Å². The first-order valence-corrected chi connectivity index (χ1v) is 7.86. The number of hydrogen-bond acceptors (Lipinski definition) is 4. The van der Waals surface area contributed by atoms with Crippen molar-refractivity contribution in [2.45, 2.75) is 26.7 Å². The molecule has 5 heteroatoms. The van der Waals surface area contributed by atoms with Crippen molar-refractivity contribution >= 4 is 11.7 Å². The van der Waals surface area contributed by atoms with Crippen molar-refractivity contribution in [2.75, 3.05) is 18.5 Å². The lowest BCUT2D eigenvalue weighted by Crippen LogP contribution is -2.13. The van der Waals surface area contributed by atoms with Gasteiger partial charge in [0, 0.05) is 11.8 Å². The molecule has 0 spiro atoms. The molecule has 1 aromatic carbocycles. The molecular formula is C18H22N2O3. The van der Waals surface area contributed by atoms with Gasteiger partial charge in [-0.1, -0.05) is 19.4 Å². The maximum atomic E-state index is 12.3. The van der Waals surface area contributed by atoms with E-state index in [-0.39, 0.29) is 5.91 Å². The molecule has 0 aliphatic carbocycles. The number of unbranched alkanes of at least 4 members (excludes halogenated alkanes) is 1. The van der Waals surface area contributed by atoms with E-state index >= 15 is 0 Å². The monoisotopic (exact) mass is 314 g/mol. The Morgan fingerprint density at radius 1 is 1.13 bits per heavy atom. The maximum absolute atomic E-state index is 12.3. The molecule has 0 atom stereocenters. The van der Waals surface area contributed by atoms with Gasteiger partial charge in [0.15, 0.2) is 11.5 Å². The number of carbonyl (C=O) groups excluding carboxylic acids is 1. The summed E-state index contributed by atoms with van der Waals surface area (Å²) in [5.74, 6) is 1.52. The normalized spacial score (nSPS) is 10.2. The van der Waals surface area contributed by atoms with Crippen LogP contribution >= 0.6 is 0 Å². The minimum absolute atomic E-state index is 0.232. The largest absolute Gasteiger partial charge is 0.490 e. The Morgan fingerprint density at radius 3 is 2.70 bits per heavy atom. The van der Waals surface area contributed by atoms with Crippen LogP contribution in [0.5, 0.6) is 11.5 Å². The Kier molecular flexibility index (Phi) is 6.41. The van der Waals surface area contributed by atoms with Gasteiger partial charge in [0.1, 0.15) is 5.82 Å². The highest BCUT2D eigenvalue weighted by Gasteiger charge is 2.12. The second-order valence-corrected chi connectivity index (χ2v) is 4.97. The number of benzene rings is 1. The molecule has 0 saturated heterocycles. The van der Waals surface area contributed by atoms with Gasteiger partial charge >= 0.3 is 0 Å². The Hall–Kier alpha value is -2.56. The summed E-state index contributed by atoms with van der Waals surface area (Å²) in [4.78, 5) is 16.4. The molecule has 1 N–H and O–H groups in total. The molecule has 23 heavy (non-hydrogen) atoms. The van der Waals surface area contributed by atoms with E-state index in [0.29, 0.717) is 36.1 Å². The SMILES string of the molecule is CCCCOc1ccc(C(=O)Nc2ccccn2)cc1OCC. The van der Waals surface area contributed by atoms with Crippen LogP contribution in [-0.4, -0.2) is 24.1 Å². The molecule has 5 nitrogen and oxygen atoms in total. The second-order valence-electron chi connectivity index (χ2n) is 4.97. The topological polar surface area (TPSA) is 60.5 Å². The predicted molar refractivity (Wildman–Crippen MR) is 90.2 cm³/mol. The summed E-state index contributed by atoms with van der Waals surface area (Å²) in [6, 6.07) is 10.5. The van der Waals surface area contributed by atoms with Crippen LogP contribution in [0.1, 0.15) is 37.0 Å². The van der Waals surface area contributed by atoms with Crippen LogP contribution in [0.4, 0.5) is 5.82 Å². The third-order valence-electron chi connectivity index (χ3n) is 3.17. The maximum Gasteiger partial charge on any atom is 0.256 e. The lowest BCUT2D eigenvalue weighted by atomic mass is 10.2. The van der Waals surface area contributed by atoms with Crippen LogP contribution in [0.3, 0.4) is 0 Å². The Balaban J connectivity index is 2.12. The van der Waals surface area contributed by atoms with E-state index in [4.69, 9.17) is 9.47 Å². The quantitative estimate of drug-likeness (QED) is 0.750. The average Bonchev–Trinajstić information content (AvgIpc) is 2.57. The van der Waals surface area contributed by atoms with Crippen molar-refractivity contribution in [2.24, 2.45) is 0 Å². The van der Waals surface area contributed by atoms with E-state index in [1.165, 1.54) is 0 Å². The molecule has 0 bridgehead atoms. The average molecular weight is 314 g/mol. The van der Waals surface area contributed by atoms with E-state index < -0.39 is 0 Å². The molecule has 0 aliphatic heterocycles. The summed E-state index contributed by atoms with van der Waals surface area (Å²) in [6.45, 7) is 5.15. The lowest BCUT2D eigenvalue weighted by molar-refractivity contribution is 0.102. The molecule has 0 unspecified atom stereocenters. The number of amides is 1. The Morgan fingerprint density at radius 2 is 2.00 bits per heavy atom. The third-order valence-corrected chi connectivity index (χ3v) is 3.17. The first-order valence-electron chi connectivity index (χ1n) is 7.86. The number of aromatic nitrogens is 1. The van der Waals surface area contributed by atoms with Gasteiger partial charge in [0.05, 0.1) is 13.2 Å². The van der Waals surface area contributed by atoms with Crippen molar-refractivity contribution in [1.82, 2.24) is 4.98 Å². The van der Waals surface area contributed by atoms with Crippen LogP contribution in [0.25, 0.3) is 0 Å². The number of hydrogen-bond donors (Lipinski definition) is 1. The number of rotatable bonds is 8. The van der Waals surface area contributed by atoms with Gasteiger partial charge in [-0.2, -0.15) is 0 Å². The molecule has 1 heterocycles. The summed E-state index contributed by atoms with van der Waals surface area (Å²) in [6.07, 6.45) is 3.67. The van der Waals surface area contributed by atoms with Gasteiger partial charge in [0.25, 0.3) is 5.91 Å². The molecular weight excluding hydrogens is 292 g/mol. The number of ether oxygens (including phenoxy) is 2. The summed E-state index contributed by atoms with van der Waals surface area (Å²) in [7, 11) is 0. The van der Waals surface area contributed by atoms with Gasteiger partial charge in [-0.3, -0.25) is 4.79 Å². The van der Waals surface area contributed by atoms with E-state index in [1.807, 2.05) is 13.0 Å². The fourth-order valence-corrected chi connectivity index (χ4v) is 1.99. The van der Waals surface area contributed by atoms with Gasteiger partial charge in [-0.25, -0.2) is 4.98 Å². The summed E-state index contributed by atoms with van der Waals surface area (Å²) >= 11 is 0. The minimum atomic E-state index is -0.232. The summed E-state index contributed by atoms with van der Waals surface area (Å²) in [5.41, 5.74) is 0.502. The van der Waals surface area contributed by atoms with Gasteiger partial charge in [0.2, 0.25) is 0 Å². The molecule has 0 fully saturated rings. The third kappa shape index (κ3) is 4.98. The Bertz CT molecular complexity index is 629. The van der Waals surface area contributed by atoms with Crippen molar-refractivity contribution in [3.8, 4) is 11.5 Å². The number of pyridine rings is 1. The standard InChI is InChI=1S/C18H22N2O3/c1-3-5-12-23-15-10-9-14(13-16(15)22-4-2)18(21)20-17-8-6-7-11-19-17/h6-11,13H,3-5,12H2,1-2H3,(H,19,20,21). The number of carbonyl (C=O) groups is 1. The van der Waals surface area contributed by atoms with Gasteiger partial charge in [-0.15, -0.1) is 0 Å². The highest BCUT2D eigenvalue weighted by atomic mass is 16.5. The molecule has 1 amide bonds. The minimum Gasteiger partial charge on any atom is -0.490 e. The van der Waals surface area contributed by atoms with Crippen molar-refractivity contribution in [3.05, 3.63) is 48.2 Å². The molecule has 0 radical (unpaired) electrons. The lowest BCUT2D eigenvalue weighted by Gasteiger charge is -2.13. The van der Waals surface area contributed by atoms with Gasteiger partial charge in [-0.05, 0) is 43.7 Å². The number of anilines is 1. The zero-order valence-electron chi connectivity index (χ0n) is 13.5. The van der Waals surface area contributed by atoms with Crippen molar-refractivity contribution < 1.29 is 14.3 Å². The van der Waals surface area contributed by atoms with E-state index in [0.717, 1.165) is 12.8 Å². The van der Waals surface area contributed by atoms with Crippen molar-refractivity contribution in [3.63, 3.8) is 0 Å². The Labute approximate surface area is 136 Å². The fourth-order valence-electron chi connectivity index (χ4n) is 1.99. The first-order chi connectivity index (χ1) is 11.2. The molecule has 2 rings (SSSR count). The van der Waals surface area contributed by atoms with Crippen LogP contribution < -0.4 is 14.8 Å². The smallest absolute Gasteiger partial charge is 0.256 e. The highest BCUT2D eigenvalue weighted by Crippen LogP contribution is 2.29. The van der Waals surface area contributed by atoms with E-state index in [1.54, 1.807) is 36.5 Å². The van der Waals surface area contributed by atoms with Crippen LogP contribution in [0.2, 0.25) is 0 Å². The zero-order valence-corrected chi connectivity index (χ0v) is 13.5. The molecule has 0 aliphatic rings. The van der Waals surface area contributed by atoms with Crippen molar-refractivity contribution in [1.29, 1.82) is 0 Å². The van der Waals surface area contributed by atoms with Gasteiger partial charge < -0.3 is 14.8 Å². The summed E-state index contributed by atoms with van der Waals surface area (Å²) in [5, 5.41) is 2.75. The second kappa shape index (κ2) is 8.78. The van der Waals surface area contributed by atoms with Crippen LogP contribution in [0.15, 0.2) is 42.6 Å². The number of nitrogens with one attached hydrogen (secondary N) is 1. The predicted octanol–water partition coefficient (Wildman–Crippen LogP) is 3.91. The molecule has 122 valence electrons. The first kappa shape index (κ1) is 16.8. The fraction of sp³-hybridized carbons (Fsp3) is 0.333.